The third kappa shape index (κ3) is 4.13. The largest absolute Gasteiger partial charge is 0.347 e. The predicted molar refractivity (Wildman–Crippen MR) is 62.1 cm³/mol. The van der Waals surface area contributed by atoms with Crippen molar-refractivity contribution in [2.24, 2.45) is 7.05 Å². The summed E-state index contributed by atoms with van der Waals surface area (Å²) < 4.78 is 1.82. The van der Waals surface area contributed by atoms with Gasteiger partial charge in [-0.05, 0) is 0 Å². The van der Waals surface area contributed by atoms with Crippen molar-refractivity contribution < 1.29 is 9.59 Å². The van der Waals surface area contributed by atoms with Gasteiger partial charge in [0, 0.05) is 33.5 Å². The first-order valence-electron chi connectivity index (χ1n) is 5.18. The van der Waals surface area contributed by atoms with E-state index in [1.165, 1.54) is 4.90 Å². The second kappa shape index (κ2) is 5.88. The first kappa shape index (κ1) is 13.0. The van der Waals surface area contributed by atoms with Crippen LogP contribution in [-0.4, -0.2) is 47.0 Å². The van der Waals surface area contributed by atoms with Crippen LogP contribution in [0, 0.1) is 0 Å². The van der Waals surface area contributed by atoms with Crippen molar-refractivity contribution in [2.75, 3.05) is 20.6 Å². The van der Waals surface area contributed by atoms with Gasteiger partial charge in [0.15, 0.2) is 0 Å². The van der Waals surface area contributed by atoms with E-state index < -0.39 is 0 Å². The summed E-state index contributed by atoms with van der Waals surface area (Å²) in [6.07, 6.45) is 3.46. The highest BCUT2D eigenvalue weighted by molar-refractivity contribution is 5.83. The van der Waals surface area contributed by atoms with Gasteiger partial charge < -0.3 is 20.1 Å². The number of hydrogen-bond acceptors (Lipinski definition) is 3. The highest BCUT2D eigenvalue weighted by Crippen LogP contribution is 1.92. The third-order valence-corrected chi connectivity index (χ3v) is 2.17. The van der Waals surface area contributed by atoms with E-state index in [2.05, 4.69) is 15.6 Å². The summed E-state index contributed by atoms with van der Waals surface area (Å²) in [5.41, 5.74) is 0. The number of carbonyl (C=O) groups excluding carboxylic acids is 2. The van der Waals surface area contributed by atoms with Gasteiger partial charge in [-0.1, -0.05) is 0 Å². The van der Waals surface area contributed by atoms with Gasteiger partial charge in [0.25, 0.3) is 0 Å². The van der Waals surface area contributed by atoms with Gasteiger partial charge in [-0.3, -0.25) is 4.79 Å². The number of nitrogens with zero attached hydrogens (tertiary/aromatic N) is 3. The molecule has 0 aliphatic carbocycles. The Bertz CT molecular complexity index is 399. The number of nitrogens with one attached hydrogen (secondary N) is 2. The second-order valence-electron chi connectivity index (χ2n) is 3.78. The molecule has 1 rings (SSSR count). The van der Waals surface area contributed by atoms with Crippen molar-refractivity contribution in [3.63, 3.8) is 0 Å². The maximum atomic E-state index is 11.4. The standard InChI is InChI=1S/C10H17N5O2/c1-14(2)10(17)13-7-9(16)12-6-8-11-4-5-15(8)3/h4-5H,6-7H2,1-3H3,(H,12,16)(H,13,17). The highest BCUT2D eigenvalue weighted by atomic mass is 16.2. The van der Waals surface area contributed by atoms with Crippen molar-refractivity contribution in [1.29, 1.82) is 0 Å². The number of urea groups is 1. The zero-order valence-electron chi connectivity index (χ0n) is 10.2. The molecular formula is C10H17N5O2. The van der Waals surface area contributed by atoms with Crippen molar-refractivity contribution >= 4 is 11.9 Å². The average molecular weight is 239 g/mol. The van der Waals surface area contributed by atoms with Gasteiger partial charge in [0.2, 0.25) is 5.91 Å². The monoisotopic (exact) mass is 239 g/mol. The lowest BCUT2D eigenvalue weighted by Crippen LogP contribution is -2.41. The Labute approximate surface area is 99.8 Å². The van der Waals surface area contributed by atoms with E-state index in [1.807, 2.05) is 11.6 Å². The van der Waals surface area contributed by atoms with Gasteiger partial charge in [0.1, 0.15) is 5.82 Å². The number of imidazole rings is 1. The van der Waals surface area contributed by atoms with E-state index in [-0.39, 0.29) is 18.5 Å². The normalized spacial score (nSPS) is 9.82. The van der Waals surface area contributed by atoms with Crippen molar-refractivity contribution in [3.05, 3.63) is 18.2 Å². The van der Waals surface area contributed by atoms with Crippen molar-refractivity contribution in [3.8, 4) is 0 Å². The Morgan fingerprint density at radius 2 is 2.12 bits per heavy atom. The minimum atomic E-state index is -0.294. The highest BCUT2D eigenvalue weighted by Gasteiger charge is 2.07. The topological polar surface area (TPSA) is 79.3 Å². The number of aromatic nitrogens is 2. The Hall–Kier alpha value is -2.05. The first-order chi connectivity index (χ1) is 8.00. The molecule has 0 fully saturated rings. The van der Waals surface area contributed by atoms with Crippen LogP contribution in [0.4, 0.5) is 4.79 Å². The molecule has 0 saturated carbocycles. The molecule has 0 bridgehead atoms. The Kier molecular flexibility index (Phi) is 4.50. The first-order valence-corrected chi connectivity index (χ1v) is 5.18. The van der Waals surface area contributed by atoms with Crippen LogP contribution in [0.15, 0.2) is 12.4 Å². The van der Waals surface area contributed by atoms with Crippen LogP contribution in [0.25, 0.3) is 0 Å². The van der Waals surface area contributed by atoms with Gasteiger partial charge in [-0.15, -0.1) is 0 Å². The van der Waals surface area contributed by atoms with Crippen LogP contribution in [0.5, 0.6) is 0 Å². The number of amides is 3. The molecule has 94 valence electrons. The molecule has 17 heavy (non-hydrogen) atoms. The van der Waals surface area contributed by atoms with Gasteiger partial charge >= 0.3 is 6.03 Å². The van der Waals surface area contributed by atoms with Crippen LogP contribution in [0.2, 0.25) is 0 Å². The van der Waals surface area contributed by atoms with Crippen LogP contribution in [0.3, 0.4) is 0 Å². The summed E-state index contributed by atoms with van der Waals surface area (Å²) in [5, 5.41) is 5.14. The average Bonchev–Trinajstić information content (AvgIpc) is 2.68. The maximum absolute atomic E-state index is 11.4. The molecule has 0 atom stereocenters. The van der Waals surface area contributed by atoms with Gasteiger partial charge in [-0.25, -0.2) is 9.78 Å². The quantitative estimate of drug-likeness (QED) is 0.729. The van der Waals surface area contributed by atoms with E-state index in [0.717, 1.165) is 5.82 Å². The summed E-state index contributed by atoms with van der Waals surface area (Å²) in [5.74, 6) is 0.514. The number of carbonyl (C=O) groups is 2. The molecule has 1 heterocycles. The number of aryl methyl sites for hydroxylation is 1. The Morgan fingerprint density at radius 1 is 1.41 bits per heavy atom. The molecule has 3 amide bonds. The molecule has 0 aliphatic rings. The molecular weight excluding hydrogens is 222 g/mol. The molecule has 7 nitrogen and oxygen atoms in total. The maximum Gasteiger partial charge on any atom is 0.317 e. The van der Waals surface area contributed by atoms with Crippen LogP contribution in [-0.2, 0) is 18.4 Å². The summed E-state index contributed by atoms with van der Waals surface area (Å²) in [6, 6.07) is -0.294. The molecule has 0 aromatic carbocycles. The molecule has 1 aromatic rings. The molecule has 0 radical (unpaired) electrons. The SMILES string of the molecule is CN(C)C(=O)NCC(=O)NCc1nccn1C. The summed E-state index contributed by atoms with van der Waals surface area (Å²) in [6.45, 7) is 0.307. The zero-order chi connectivity index (χ0) is 12.8. The van der Waals surface area contributed by atoms with Gasteiger partial charge in [-0.2, -0.15) is 0 Å². The van der Waals surface area contributed by atoms with E-state index in [9.17, 15) is 9.59 Å². The summed E-state index contributed by atoms with van der Waals surface area (Å²) in [7, 11) is 5.07. The molecule has 0 saturated heterocycles. The predicted octanol–water partition coefficient (Wildman–Crippen LogP) is -0.692. The van der Waals surface area contributed by atoms with Gasteiger partial charge in [0.05, 0.1) is 13.1 Å². The van der Waals surface area contributed by atoms with E-state index in [1.54, 1.807) is 26.5 Å². The number of hydrogen-bond donors (Lipinski definition) is 2. The minimum Gasteiger partial charge on any atom is -0.347 e. The van der Waals surface area contributed by atoms with E-state index in [4.69, 9.17) is 0 Å². The molecule has 0 spiro atoms. The van der Waals surface area contributed by atoms with Crippen LogP contribution in [0.1, 0.15) is 5.82 Å². The second-order valence-corrected chi connectivity index (χ2v) is 3.78. The minimum absolute atomic E-state index is 0.0402. The molecule has 0 unspecified atom stereocenters. The molecule has 1 aromatic heterocycles. The molecule has 7 heteroatoms. The van der Waals surface area contributed by atoms with Crippen molar-refractivity contribution in [1.82, 2.24) is 25.1 Å². The molecule has 0 aliphatic heterocycles. The third-order valence-electron chi connectivity index (χ3n) is 2.17. The molecule has 2 N–H and O–H groups in total. The lowest BCUT2D eigenvalue weighted by atomic mass is 10.5. The Balaban J connectivity index is 2.27. The van der Waals surface area contributed by atoms with E-state index >= 15 is 0 Å². The van der Waals surface area contributed by atoms with Crippen LogP contribution < -0.4 is 10.6 Å². The lowest BCUT2D eigenvalue weighted by molar-refractivity contribution is -0.120. The van der Waals surface area contributed by atoms with Crippen LogP contribution >= 0.6 is 0 Å². The summed E-state index contributed by atoms with van der Waals surface area (Å²) >= 11 is 0. The number of rotatable bonds is 4. The smallest absolute Gasteiger partial charge is 0.317 e. The fraction of sp³-hybridized carbons (Fsp3) is 0.500. The summed E-state index contributed by atoms with van der Waals surface area (Å²) in [4.78, 5) is 28.0. The Morgan fingerprint density at radius 3 is 2.65 bits per heavy atom. The fourth-order valence-electron chi connectivity index (χ4n) is 1.12. The fourth-order valence-corrected chi connectivity index (χ4v) is 1.12. The van der Waals surface area contributed by atoms with E-state index in [0.29, 0.717) is 6.54 Å². The zero-order valence-corrected chi connectivity index (χ0v) is 10.2. The van der Waals surface area contributed by atoms with Crippen molar-refractivity contribution in [2.45, 2.75) is 6.54 Å². The lowest BCUT2D eigenvalue weighted by Gasteiger charge is -2.11.